The summed E-state index contributed by atoms with van der Waals surface area (Å²) < 4.78 is 84.5. The summed E-state index contributed by atoms with van der Waals surface area (Å²) in [5.74, 6) is 0.180. The largest absolute Gasteiger partial charge is 0.416 e. The van der Waals surface area contributed by atoms with Crippen molar-refractivity contribution in [3.63, 3.8) is 0 Å². The number of urea groups is 1. The fourth-order valence-corrected chi connectivity index (χ4v) is 4.89. The molecule has 0 spiro atoms. The number of amides is 3. The van der Waals surface area contributed by atoms with E-state index in [1.54, 1.807) is 6.07 Å². The van der Waals surface area contributed by atoms with E-state index in [0.29, 0.717) is 55.6 Å². The summed E-state index contributed by atoms with van der Waals surface area (Å²) in [6, 6.07) is 4.41. The van der Waals surface area contributed by atoms with Gasteiger partial charge in [0.1, 0.15) is 0 Å². The number of alkyl halides is 6. The summed E-state index contributed by atoms with van der Waals surface area (Å²) in [6.07, 6.45) is -8.23. The van der Waals surface area contributed by atoms with E-state index in [1.165, 1.54) is 12.1 Å². The fraction of sp³-hybridized carbons (Fsp3) is 0.500. The smallest absolute Gasteiger partial charge is 0.379 e. The normalized spacial score (nSPS) is 17.2. The van der Waals surface area contributed by atoms with Crippen molar-refractivity contribution >= 4 is 29.0 Å². The van der Waals surface area contributed by atoms with Crippen LogP contribution in [0.1, 0.15) is 41.3 Å². The maximum atomic E-state index is 13.3. The minimum atomic E-state index is -5.06. The Kier molecular flexibility index (Phi) is 9.87. The predicted octanol–water partition coefficient (Wildman–Crippen LogP) is 5.67. The zero-order chi connectivity index (χ0) is 30.5. The van der Waals surface area contributed by atoms with Crippen molar-refractivity contribution < 1.29 is 40.7 Å². The SMILES string of the molecule is CC1CCN(c2ccc(NC(=O)Nc3cc(C(F)(F)F)cc(C(F)(F)F)c3)cc2C(=O)NCCN2CCOCC2)CC1. The summed E-state index contributed by atoms with van der Waals surface area (Å²) >= 11 is 0. The third kappa shape index (κ3) is 8.51. The number of halogens is 6. The number of carbonyl (C=O) groups is 2. The lowest BCUT2D eigenvalue weighted by atomic mass is 9.98. The van der Waals surface area contributed by atoms with Crippen LogP contribution in [-0.2, 0) is 17.1 Å². The Morgan fingerprint density at radius 2 is 1.45 bits per heavy atom. The van der Waals surface area contributed by atoms with E-state index in [2.05, 4.69) is 27.4 Å². The minimum absolute atomic E-state index is 0.0207. The molecule has 2 fully saturated rings. The summed E-state index contributed by atoms with van der Waals surface area (Å²) in [5.41, 5.74) is -2.68. The van der Waals surface area contributed by atoms with Crippen molar-refractivity contribution in [1.82, 2.24) is 10.2 Å². The van der Waals surface area contributed by atoms with Gasteiger partial charge in [0.05, 0.1) is 29.9 Å². The number of nitrogens with zero attached hydrogens (tertiary/aromatic N) is 2. The van der Waals surface area contributed by atoms with Crippen molar-refractivity contribution in [2.24, 2.45) is 5.92 Å². The molecule has 0 atom stereocenters. The van der Waals surface area contributed by atoms with E-state index in [9.17, 15) is 35.9 Å². The first kappa shape index (κ1) is 31.4. The molecule has 0 unspecified atom stereocenters. The molecule has 0 bridgehead atoms. The third-order valence-electron chi connectivity index (χ3n) is 7.29. The molecule has 8 nitrogen and oxygen atoms in total. The highest BCUT2D eigenvalue weighted by molar-refractivity contribution is 6.04. The fourth-order valence-electron chi connectivity index (χ4n) is 4.89. The topological polar surface area (TPSA) is 85.9 Å². The average Bonchev–Trinajstić information content (AvgIpc) is 2.93. The Morgan fingerprint density at radius 1 is 0.857 bits per heavy atom. The second-order valence-electron chi connectivity index (χ2n) is 10.5. The van der Waals surface area contributed by atoms with Gasteiger partial charge in [-0.05, 0) is 55.2 Å². The molecule has 0 saturated carbocycles. The Hall–Kier alpha value is -3.52. The van der Waals surface area contributed by atoms with Gasteiger partial charge < -0.3 is 25.6 Å². The zero-order valence-electron chi connectivity index (χ0n) is 23.0. The Morgan fingerprint density at radius 3 is 2.05 bits per heavy atom. The number of anilines is 3. The third-order valence-corrected chi connectivity index (χ3v) is 7.29. The van der Waals surface area contributed by atoms with Crippen molar-refractivity contribution in [2.45, 2.75) is 32.1 Å². The van der Waals surface area contributed by atoms with Gasteiger partial charge in [-0.15, -0.1) is 0 Å². The highest BCUT2D eigenvalue weighted by Gasteiger charge is 2.37. The van der Waals surface area contributed by atoms with Crippen molar-refractivity contribution in [3.05, 3.63) is 53.1 Å². The molecular formula is C28H33F6N5O3. The predicted molar refractivity (Wildman–Crippen MR) is 146 cm³/mol. The molecule has 3 amide bonds. The van der Waals surface area contributed by atoms with Gasteiger partial charge in [-0.25, -0.2) is 4.79 Å². The van der Waals surface area contributed by atoms with Crippen LogP contribution in [0.3, 0.4) is 0 Å². The van der Waals surface area contributed by atoms with Gasteiger partial charge in [0.15, 0.2) is 0 Å². The lowest BCUT2D eigenvalue weighted by molar-refractivity contribution is -0.143. The van der Waals surface area contributed by atoms with Crippen molar-refractivity contribution in [2.75, 3.05) is 68.0 Å². The van der Waals surface area contributed by atoms with Crippen LogP contribution < -0.4 is 20.9 Å². The van der Waals surface area contributed by atoms with Gasteiger partial charge in [-0.2, -0.15) is 26.3 Å². The van der Waals surface area contributed by atoms with Crippen LogP contribution in [0.2, 0.25) is 0 Å². The average molecular weight is 602 g/mol. The first-order valence-electron chi connectivity index (χ1n) is 13.6. The number of piperidine rings is 1. The number of hydrogen-bond donors (Lipinski definition) is 3. The van der Waals surface area contributed by atoms with E-state index >= 15 is 0 Å². The lowest BCUT2D eigenvalue weighted by Gasteiger charge is -2.33. The molecule has 230 valence electrons. The zero-order valence-corrected chi connectivity index (χ0v) is 23.0. The summed E-state index contributed by atoms with van der Waals surface area (Å²) in [5, 5.41) is 7.36. The van der Waals surface area contributed by atoms with Crippen LogP contribution in [0.4, 0.5) is 48.2 Å². The number of hydrogen-bond acceptors (Lipinski definition) is 5. The van der Waals surface area contributed by atoms with Crippen LogP contribution in [0.25, 0.3) is 0 Å². The summed E-state index contributed by atoms with van der Waals surface area (Å²) in [4.78, 5) is 30.2. The Balaban J connectivity index is 1.51. The van der Waals surface area contributed by atoms with E-state index in [1.807, 2.05) is 5.32 Å². The molecule has 0 aliphatic carbocycles. The van der Waals surface area contributed by atoms with Crippen molar-refractivity contribution in [1.29, 1.82) is 0 Å². The minimum Gasteiger partial charge on any atom is -0.379 e. The standard InChI is InChI=1S/C28H33F6N5O3/c1-18-4-7-39(8-5-18)24-3-2-21(17-23(24)25(40)35-6-9-38-10-12-42-13-11-38)36-26(41)37-22-15-19(27(29,30)31)14-20(16-22)28(32,33)34/h2-3,14-18H,4-13H2,1H3,(H,35,40)(H2,36,37,41). The van der Waals surface area contributed by atoms with Crippen LogP contribution in [0.15, 0.2) is 36.4 Å². The number of ether oxygens (including phenoxy) is 1. The molecule has 2 aromatic carbocycles. The molecule has 14 heteroatoms. The molecule has 2 aliphatic rings. The second kappa shape index (κ2) is 13.2. The molecule has 42 heavy (non-hydrogen) atoms. The van der Waals surface area contributed by atoms with Gasteiger partial charge in [0.25, 0.3) is 5.91 Å². The highest BCUT2D eigenvalue weighted by Crippen LogP contribution is 2.37. The molecule has 2 aliphatic heterocycles. The van der Waals surface area contributed by atoms with E-state index in [-0.39, 0.29) is 17.7 Å². The monoisotopic (exact) mass is 601 g/mol. The maximum absolute atomic E-state index is 13.3. The van der Waals surface area contributed by atoms with Crippen LogP contribution in [0.5, 0.6) is 0 Å². The van der Waals surface area contributed by atoms with Crippen LogP contribution in [-0.4, -0.2) is 69.3 Å². The molecule has 2 saturated heterocycles. The molecule has 3 N–H and O–H groups in total. The molecule has 2 aromatic rings. The Bertz CT molecular complexity index is 1220. The highest BCUT2D eigenvalue weighted by atomic mass is 19.4. The van der Waals surface area contributed by atoms with E-state index in [0.717, 1.165) is 39.0 Å². The molecule has 0 radical (unpaired) electrons. The number of morpholine rings is 1. The molecule has 2 heterocycles. The van der Waals surface area contributed by atoms with Gasteiger partial charge in [0, 0.05) is 56.3 Å². The first-order valence-corrected chi connectivity index (χ1v) is 13.6. The second-order valence-corrected chi connectivity index (χ2v) is 10.5. The van der Waals surface area contributed by atoms with E-state index < -0.39 is 35.2 Å². The molecular weight excluding hydrogens is 568 g/mol. The van der Waals surface area contributed by atoms with E-state index in [4.69, 9.17) is 4.74 Å². The summed E-state index contributed by atoms with van der Waals surface area (Å²) in [7, 11) is 0. The lowest BCUT2D eigenvalue weighted by Crippen LogP contribution is -2.41. The van der Waals surface area contributed by atoms with Crippen molar-refractivity contribution in [3.8, 4) is 0 Å². The van der Waals surface area contributed by atoms with Gasteiger partial charge >= 0.3 is 18.4 Å². The van der Waals surface area contributed by atoms with Gasteiger partial charge in [0.2, 0.25) is 0 Å². The molecule has 4 rings (SSSR count). The van der Waals surface area contributed by atoms with Crippen LogP contribution >= 0.6 is 0 Å². The van der Waals surface area contributed by atoms with Gasteiger partial charge in [-0.3, -0.25) is 9.69 Å². The molecule has 0 aromatic heterocycles. The summed E-state index contributed by atoms with van der Waals surface area (Å²) in [6.45, 7) is 7.41. The first-order chi connectivity index (χ1) is 19.8. The van der Waals surface area contributed by atoms with Crippen LogP contribution in [0, 0.1) is 5.92 Å². The maximum Gasteiger partial charge on any atom is 0.416 e. The number of rotatable bonds is 7. The number of carbonyl (C=O) groups excluding carboxylic acids is 2. The number of benzene rings is 2. The number of nitrogens with one attached hydrogen (secondary N) is 3. The van der Waals surface area contributed by atoms with Gasteiger partial charge in [-0.1, -0.05) is 6.92 Å². The quantitative estimate of drug-likeness (QED) is 0.357. The Labute approximate surface area is 239 Å².